The molecule has 0 radical (unpaired) electrons. The van der Waals surface area contributed by atoms with Crippen molar-refractivity contribution in [2.75, 3.05) is 48.2 Å². The molecule has 0 aliphatic rings. The fraction of sp³-hybridized carbons (Fsp3) is 0.381. The number of methoxy groups -OCH3 is 1. The highest BCUT2D eigenvalue weighted by Gasteiger charge is 2.16. The molecular weight excluding hydrogens is 434 g/mol. The van der Waals surface area contributed by atoms with E-state index in [1.165, 1.54) is 12.4 Å². The van der Waals surface area contributed by atoms with Crippen LogP contribution >= 0.6 is 11.6 Å². The van der Waals surface area contributed by atoms with Crippen LogP contribution in [0.25, 0.3) is 11.0 Å². The molecule has 3 aromatic rings. The first-order chi connectivity index (χ1) is 15.5. The minimum absolute atomic E-state index is 0.142. The minimum Gasteiger partial charge on any atom is -0.383 e. The molecular formula is C21H26ClN7O3. The molecule has 0 aliphatic heterocycles. The second kappa shape index (κ2) is 10.9. The molecule has 0 unspecified atom stereocenters. The van der Waals surface area contributed by atoms with Gasteiger partial charge in [-0.15, -0.1) is 11.6 Å². The van der Waals surface area contributed by atoms with Crippen LogP contribution in [-0.4, -0.2) is 64.0 Å². The van der Waals surface area contributed by atoms with E-state index in [1.54, 1.807) is 19.2 Å². The molecule has 0 saturated heterocycles. The first-order valence-electron chi connectivity index (χ1n) is 10.2. The second-order valence-electron chi connectivity index (χ2n) is 6.86. The van der Waals surface area contributed by atoms with E-state index >= 15 is 0 Å². The van der Waals surface area contributed by atoms with Gasteiger partial charge in [0.05, 0.1) is 23.2 Å². The Labute approximate surface area is 190 Å². The van der Waals surface area contributed by atoms with Crippen molar-refractivity contribution in [2.45, 2.75) is 20.4 Å². The van der Waals surface area contributed by atoms with Gasteiger partial charge in [0.15, 0.2) is 0 Å². The van der Waals surface area contributed by atoms with Crippen molar-refractivity contribution in [1.82, 2.24) is 19.5 Å². The van der Waals surface area contributed by atoms with Crippen molar-refractivity contribution >= 4 is 52.0 Å². The number of amides is 2. The third-order valence-corrected chi connectivity index (χ3v) is 5.09. The summed E-state index contributed by atoms with van der Waals surface area (Å²) in [6, 6.07) is 5.29. The normalized spacial score (nSPS) is 10.9. The number of rotatable bonds is 10. The predicted molar refractivity (Wildman–Crippen MR) is 125 cm³/mol. The van der Waals surface area contributed by atoms with Gasteiger partial charge in [-0.05, 0) is 32.0 Å². The number of carbonyl (C=O) groups is 2. The van der Waals surface area contributed by atoms with Gasteiger partial charge in [-0.25, -0.2) is 15.0 Å². The topological polar surface area (TPSA) is 114 Å². The number of halogens is 1. The molecule has 2 amide bonds. The van der Waals surface area contributed by atoms with Crippen LogP contribution < -0.4 is 15.5 Å². The molecule has 2 aromatic heterocycles. The lowest BCUT2D eigenvalue weighted by molar-refractivity contribution is -0.113. The van der Waals surface area contributed by atoms with Gasteiger partial charge in [0.25, 0.3) is 5.91 Å². The van der Waals surface area contributed by atoms with Crippen LogP contribution in [0.15, 0.2) is 30.6 Å². The molecule has 2 heterocycles. The van der Waals surface area contributed by atoms with Crippen LogP contribution in [0, 0.1) is 0 Å². The summed E-state index contributed by atoms with van der Waals surface area (Å²) in [4.78, 5) is 39.5. The quantitative estimate of drug-likeness (QED) is 0.448. The zero-order valence-corrected chi connectivity index (χ0v) is 19.0. The summed E-state index contributed by atoms with van der Waals surface area (Å²) in [5, 5.41) is 5.52. The zero-order chi connectivity index (χ0) is 23.1. The van der Waals surface area contributed by atoms with Gasteiger partial charge < -0.3 is 19.5 Å². The summed E-state index contributed by atoms with van der Waals surface area (Å²) in [7, 11) is 1.60. The Kier molecular flexibility index (Phi) is 7.96. The molecule has 32 heavy (non-hydrogen) atoms. The van der Waals surface area contributed by atoms with Gasteiger partial charge in [0.1, 0.15) is 5.88 Å². The number of nitrogens with zero attached hydrogens (tertiary/aromatic N) is 5. The first-order valence-corrected chi connectivity index (χ1v) is 10.8. The number of aromatic nitrogens is 4. The SMILES string of the molecule is CCN(CC)c1ncc(C(=O)Nc2nc3cc(NC(=O)CCl)ccc3n2CCOC)cn1. The van der Waals surface area contributed by atoms with Crippen LogP contribution in [-0.2, 0) is 16.1 Å². The van der Waals surface area contributed by atoms with Crippen molar-refractivity contribution < 1.29 is 14.3 Å². The first kappa shape index (κ1) is 23.4. The minimum atomic E-state index is -0.374. The van der Waals surface area contributed by atoms with Gasteiger partial charge in [0, 0.05) is 44.8 Å². The average Bonchev–Trinajstić information content (AvgIpc) is 3.14. The Hall–Kier alpha value is -3.24. The van der Waals surface area contributed by atoms with E-state index in [-0.39, 0.29) is 17.7 Å². The Morgan fingerprint density at radius 2 is 1.88 bits per heavy atom. The maximum atomic E-state index is 12.8. The summed E-state index contributed by atoms with van der Waals surface area (Å²) in [6.45, 7) is 6.50. The molecule has 0 aliphatic carbocycles. The molecule has 1 aromatic carbocycles. The lowest BCUT2D eigenvalue weighted by Gasteiger charge is -2.18. The Morgan fingerprint density at radius 1 is 1.16 bits per heavy atom. The van der Waals surface area contributed by atoms with Crippen molar-refractivity contribution in [3.05, 3.63) is 36.2 Å². The van der Waals surface area contributed by atoms with Crippen LogP contribution in [0.5, 0.6) is 0 Å². The maximum Gasteiger partial charge on any atom is 0.261 e. The summed E-state index contributed by atoms with van der Waals surface area (Å²) >= 11 is 5.56. The molecule has 0 bridgehead atoms. The number of anilines is 3. The molecule has 10 nitrogen and oxygen atoms in total. The van der Waals surface area contributed by atoms with E-state index in [0.29, 0.717) is 41.8 Å². The molecule has 0 atom stereocenters. The largest absolute Gasteiger partial charge is 0.383 e. The van der Waals surface area contributed by atoms with Gasteiger partial charge in [-0.2, -0.15) is 0 Å². The molecule has 0 saturated carbocycles. The van der Waals surface area contributed by atoms with Crippen LogP contribution in [0.3, 0.4) is 0 Å². The highest BCUT2D eigenvalue weighted by molar-refractivity contribution is 6.29. The molecule has 170 valence electrons. The number of nitrogens with one attached hydrogen (secondary N) is 2. The van der Waals surface area contributed by atoms with Gasteiger partial charge in [-0.1, -0.05) is 0 Å². The zero-order valence-electron chi connectivity index (χ0n) is 18.3. The van der Waals surface area contributed by atoms with E-state index in [0.717, 1.165) is 18.6 Å². The third kappa shape index (κ3) is 5.32. The number of hydrogen-bond acceptors (Lipinski definition) is 7. The summed E-state index contributed by atoms with van der Waals surface area (Å²) in [5.41, 5.74) is 2.28. The van der Waals surface area contributed by atoms with Gasteiger partial charge >= 0.3 is 0 Å². The van der Waals surface area contributed by atoms with E-state index in [9.17, 15) is 9.59 Å². The highest BCUT2D eigenvalue weighted by Crippen LogP contribution is 2.24. The Balaban J connectivity index is 1.87. The maximum absolute atomic E-state index is 12.8. The smallest absolute Gasteiger partial charge is 0.261 e. The standard InChI is InChI=1S/C21H26ClN7O3/c1-4-28(5-2)20-23-12-14(13-24-20)19(31)27-21-26-16-10-15(25-18(30)11-22)6-7-17(16)29(21)8-9-32-3/h6-7,10,12-13H,4-5,8-9,11H2,1-3H3,(H,25,30)(H,26,27,31). The molecule has 0 spiro atoms. The van der Waals surface area contributed by atoms with E-state index < -0.39 is 0 Å². The number of carbonyl (C=O) groups excluding carboxylic acids is 2. The van der Waals surface area contributed by atoms with Gasteiger partial charge in [0.2, 0.25) is 17.8 Å². The summed E-state index contributed by atoms with van der Waals surface area (Å²) < 4.78 is 7.04. The average molecular weight is 460 g/mol. The molecule has 2 N–H and O–H groups in total. The highest BCUT2D eigenvalue weighted by atomic mass is 35.5. The number of benzene rings is 1. The van der Waals surface area contributed by atoms with E-state index in [1.807, 2.05) is 29.4 Å². The van der Waals surface area contributed by atoms with Crippen molar-refractivity contribution in [3.63, 3.8) is 0 Å². The predicted octanol–water partition coefficient (Wildman–Crippen LogP) is 2.75. The van der Waals surface area contributed by atoms with E-state index in [2.05, 4.69) is 25.6 Å². The third-order valence-electron chi connectivity index (χ3n) is 4.84. The van der Waals surface area contributed by atoms with Crippen molar-refractivity contribution in [1.29, 1.82) is 0 Å². The summed E-state index contributed by atoms with van der Waals surface area (Å²) in [6.07, 6.45) is 3.00. The number of imidazole rings is 1. The number of hydrogen-bond donors (Lipinski definition) is 2. The van der Waals surface area contributed by atoms with Crippen molar-refractivity contribution in [3.8, 4) is 0 Å². The van der Waals surface area contributed by atoms with Crippen LogP contribution in [0.4, 0.5) is 17.6 Å². The monoisotopic (exact) mass is 459 g/mol. The van der Waals surface area contributed by atoms with Crippen molar-refractivity contribution in [2.24, 2.45) is 0 Å². The molecule has 0 fully saturated rings. The molecule has 3 rings (SSSR count). The van der Waals surface area contributed by atoms with Gasteiger partial charge in [-0.3, -0.25) is 14.9 Å². The number of alkyl halides is 1. The molecule has 11 heteroatoms. The number of ether oxygens (including phenoxy) is 1. The Morgan fingerprint density at radius 3 is 2.50 bits per heavy atom. The lowest BCUT2D eigenvalue weighted by atomic mass is 10.2. The number of fused-ring (bicyclic) bond motifs is 1. The van der Waals surface area contributed by atoms with Crippen LogP contribution in [0.1, 0.15) is 24.2 Å². The fourth-order valence-corrected chi connectivity index (χ4v) is 3.26. The Bertz CT molecular complexity index is 1080. The second-order valence-corrected chi connectivity index (χ2v) is 7.13. The van der Waals surface area contributed by atoms with Crippen LogP contribution in [0.2, 0.25) is 0 Å². The fourth-order valence-electron chi connectivity index (χ4n) is 3.19. The lowest BCUT2D eigenvalue weighted by Crippen LogP contribution is -2.24. The van der Waals surface area contributed by atoms with E-state index in [4.69, 9.17) is 16.3 Å². The summed E-state index contributed by atoms with van der Waals surface area (Å²) in [5.74, 6) is 0.102.